The summed E-state index contributed by atoms with van der Waals surface area (Å²) in [5, 5.41) is 6.59. The van der Waals surface area contributed by atoms with Crippen molar-refractivity contribution in [1.29, 1.82) is 0 Å². The number of benzene rings is 1. The van der Waals surface area contributed by atoms with Gasteiger partial charge in [-0.1, -0.05) is 12.1 Å². The highest BCUT2D eigenvalue weighted by Crippen LogP contribution is 2.26. The molecule has 0 saturated carbocycles. The van der Waals surface area contributed by atoms with Gasteiger partial charge in [0, 0.05) is 32.2 Å². The van der Waals surface area contributed by atoms with Crippen molar-refractivity contribution in [2.24, 2.45) is 4.99 Å². The highest BCUT2D eigenvalue weighted by Gasteiger charge is 2.09. The monoisotopic (exact) mass is 522 g/mol. The van der Waals surface area contributed by atoms with Gasteiger partial charge in [-0.2, -0.15) is 0 Å². The molecule has 2 heterocycles. The Labute approximate surface area is 193 Å². The van der Waals surface area contributed by atoms with Crippen LogP contribution in [0.4, 0.5) is 0 Å². The topological polar surface area (TPSA) is 85.6 Å². The zero-order valence-corrected chi connectivity index (χ0v) is 19.6. The van der Waals surface area contributed by atoms with E-state index in [1.54, 1.807) is 32.9 Å². The normalized spacial score (nSPS) is 11.9. The number of rotatable bonds is 8. The van der Waals surface area contributed by atoms with Crippen molar-refractivity contribution in [1.82, 2.24) is 25.2 Å². The molecule has 3 aromatic rings. The maximum Gasteiger partial charge on any atom is 0.191 e. The summed E-state index contributed by atoms with van der Waals surface area (Å²) in [6, 6.07) is 11.6. The van der Waals surface area contributed by atoms with E-state index < -0.39 is 0 Å². The molecule has 160 valence electrons. The quantitative estimate of drug-likeness (QED) is 0.269. The fourth-order valence-corrected chi connectivity index (χ4v) is 2.73. The highest BCUT2D eigenvalue weighted by molar-refractivity contribution is 14.0. The fourth-order valence-electron chi connectivity index (χ4n) is 2.73. The van der Waals surface area contributed by atoms with Crippen LogP contribution in [0.2, 0.25) is 0 Å². The number of guanidine groups is 1. The van der Waals surface area contributed by atoms with Crippen molar-refractivity contribution in [2.45, 2.75) is 19.6 Å². The predicted molar refractivity (Wildman–Crippen MR) is 128 cm³/mol. The summed E-state index contributed by atoms with van der Waals surface area (Å²) in [7, 11) is 3.37. The van der Waals surface area contributed by atoms with E-state index in [-0.39, 0.29) is 30.1 Å². The molecule has 0 bridgehead atoms. The van der Waals surface area contributed by atoms with E-state index in [9.17, 15) is 0 Å². The van der Waals surface area contributed by atoms with Crippen LogP contribution in [0.1, 0.15) is 12.5 Å². The first-order valence-corrected chi connectivity index (χ1v) is 9.37. The molecule has 2 aromatic heterocycles. The summed E-state index contributed by atoms with van der Waals surface area (Å²) in [6.45, 7) is 3.20. The van der Waals surface area contributed by atoms with E-state index in [1.807, 2.05) is 54.1 Å². The summed E-state index contributed by atoms with van der Waals surface area (Å²) >= 11 is 0. The molecule has 0 spiro atoms. The van der Waals surface area contributed by atoms with Gasteiger partial charge in [0.1, 0.15) is 18.2 Å². The molecule has 3 rings (SSSR count). The Bertz CT molecular complexity index is 933. The first-order valence-electron chi connectivity index (χ1n) is 9.37. The molecule has 0 aliphatic heterocycles. The highest BCUT2D eigenvalue weighted by atomic mass is 127. The van der Waals surface area contributed by atoms with E-state index in [0.717, 1.165) is 17.1 Å². The van der Waals surface area contributed by atoms with Gasteiger partial charge in [0.2, 0.25) is 0 Å². The molecule has 0 amide bonds. The van der Waals surface area contributed by atoms with E-state index in [4.69, 9.17) is 9.47 Å². The average Bonchev–Trinajstić information content (AvgIpc) is 3.29. The maximum absolute atomic E-state index is 5.96. The van der Waals surface area contributed by atoms with E-state index in [0.29, 0.717) is 24.8 Å². The van der Waals surface area contributed by atoms with Crippen LogP contribution in [0.25, 0.3) is 5.82 Å². The number of imidazole rings is 1. The molecule has 0 aliphatic rings. The van der Waals surface area contributed by atoms with Crippen molar-refractivity contribution in [3.63, 3.8) is 0 Å². The molecule has 8 nitrogen and oxygen atoms in total. The molecule has 0 fully saturated rings. The smallest absolute Gasteiger partial charge is 0.191 e. The van der Waals surface area contributed by atoms with Crippen molar-refractivity contribution in [3.05, 3.63) is 66.9 Å². The Morgan fingerprint density at radius 1 is 1.17 bits per heavy atom. The van der Waals surface area contributed by atoms with Crippen LogP contribution in [0.5, 0.6) is 11.5 Å². The fraction of sp³-hybridized carbons (Fsp3) is 0.286. The summed E-state index contributed by atoms with van der Waals surface area (Å²) in [4.78, 5) is 12.7. The van der Waals surface area contributed by atoms with Crippen LogP contribution in [0, 0.1) is 0 Å². The number of ether oxygens (including phenoxy) is 2. The Morgan fingerprint density at radius 2 is 1.97 bits per heavy atom. The zero-order chi connectivity index (χ0) is 20.5. The third-order valence-electron chi connectivity index (χ3n) is 4.22. The lowest BCUT2D eigenvalue weighted by molar-refractivity contribution is 0.213. The molecule has 0 radical (unpaired) electrons. The summed E-state index contributed by atoms with van der Waals surface area (Å²) in [5.74, 6) is 2.95. The van der Waals surface area contributed by atoms with Gasteiger partial charge in [-0.3, -0.25) is 9.56 Å². The van der Waals surface area contributed by atoms with Crippen molar-refractivity contribution >= 4 is 29.9 Å². The van der Waals surface area contributed by atoms with Gasteiger partial charge in [-0.05, 0) is 36.8 Å². The minimum Gasteiger partial charge on any atom is -0.493 e. The molecular weight excluding hydrogens is 495 g/mol. The number of hydrogen-bond acceptors (Lipinski definition) is 5. The molecule has 9 heteroatoms. The number of halogens is 1. The van der Waals surface area contributed by atoms with Crippen LogP contribution in [0.3, 0.4) is 0 Å². The van der Waals surface area contributed by atoms with Gasteiger partial charge in [-0.15, -0.1) is 24.0 Å². The first-order chi connectivity index (χ1) is 14.2. The molecule has 1 aromatic carbocycles. The Balaban J connectivity index is 0.00000320. The number of pyridine rings is 1. The number of hydrogen-bond donors (Lipinski definition) is 2. The molecule has 0 saturated heterocycles. The number of nitrogens with zero attached hydrogens (tertiary/aromatic N) is 4. The molecule has 0 aliphatic carbocycles. The van der Waals surface area contributed by atoms with Gasteiger partial charge < -0.3 is 20.1 Å². The van der Waals surface area contributed by atoms with Gasteiger partial charge in [0.15, 0.2) is 17.5 Å². The standard InChI is InChI=1S/C21H26N6O2.HI/c1-16(29-19-7-5-4-6-18(19)28-3)13-25-21(22-2)26-14-17-8-9-24-20(12-17)27-11-10-23-15-27;/h4-12,15-16H,13-14H2,1-3H3,(H2,22,25,26);1H. The van der Waals surface area contributed by atoms with Crippen molar-refractivity contribution < 1.29 is 9.47 Å². The van der Waals surface area contributed by atoms with Crippen molar-refractivity contribution in [3.8, 4) is 17.3 Å². The molecule has 1 unspecified atom stereocenters. The predicted octanol–water partition coefficient (Wildman–Crippen LogP) is 3.03. The Hall–Kier alpha value is -2.82. The minimum atomic E-state index is -0.0707. The second kappa shape index (κ2) is 12.0. The molecular formula is C21H27IN6O2. The van der Waals surface area contributed by atoms with Crippen molar-refractivity contribution in [2.75, 3.05) is 20.7 Å². The van der Waals surface area contributed by atoms with E-state index in [1.165, 1.54) is 0 Å². The lowest BCUT2D eigenvalue weighted by Crippen LogP contribution is -2.41. The number of nitrogens with one attached hydrogen (secondary N) is 2. The third-order valence-corrected chi connectivity index (χ3v) is 4.22. The van der Waals surface area contributed by atoms with Crippen LogP contribution < -0.4 is 20.1 Å². The van der Waals surface area contributed by atoms with E-state index in [2.05, 4.69) is 25.6 Å². The van der Waals surface area contributed by atoms with Crippen LogP contribution in [0.15, 0.2) is 66.3 Å². The minimum absolute atomic E-state index is 0. The van der Waals surface area contributed by atoms with Crippen LogP contribution in [-0.4, -0.2) is 47.3 Å². The SMILES string of the molecule is CN=C(NCc1ccnc(-n2ccnc2)c1)NCC(C)Oc1ccccc1OC.I. The third kappa shape index (κ3) is 6.61. The van der Waals surface area contributed by atoms with Gasteiger partial charge in [0.25, 0.3) is 0 Å². The molecule has 2 N–H and O–H groups in total. The Kier molecular flexibility index (Phi) is 9.39. The summed E-state index contributed by atoms with van der Waals surface area (Å²) < 4.78 is 13.2. The zero-order valence-electron chi connectivity index (χ0n) is 17.3. The van der Waals surface area contributed by atoms with Gasteiger partial charge >= 0.3 is 0 Å². The molecule has 1 atom stereocenters. The summed E-state index contributed by atoms with van der Waals surface area (Å²) in [5.41, 5.74) is 1.09. The van der Waals surface area contributed by atoms with Gasteiger partial charge in [-0.25, -0.2) is 9.97 Å². The largest absolute Gasteiger partial charge is 0.493 e. The second-order valence-corrected chi connectivity index (χ2v) is 6.38. The number of aliphatic imine (C=N–C) groups is 1. The van der Waals surface area contributed by atoms with E-state index >= 15 is 0 Å². The van der Waals surface area contributed by atoms with Crippen LogP contribution >= 0.6 is 24.0 Å². The summed E-state index contributed by atoms with van der Waals surface area (Å²) in [6.07, 6.45) is 7.03. The Morgan fingerprint density at radius 3 is 2.67 bits per heavy atom. The second-order valence-electron chi connectivity index (χ2n) is 6.38. The van der Waals surface area contributed by atoms with Crippen LogP contribution in [-0.2, 0) is 6.54 Å². The lowest BCUT2D eigenvalue weighted by atomic mass is 10.2. The number of para-hydroxylation sites is 2. The van der Waals surface area contributed by atoms with Gasteiger partial charge in [0.05, 0.1) is 13.7 Å². The average molecular weight is 522 g/mol. The lowest BCUT2D eigenvalue weighted by Gasteiger charge is -2.19. The number of methoxy groups -OCH3 is 1. The number of aromatic nitrogens is 3. The molecule has 30 heavy (non-hydrogen) atoms. The maximum atomic E-state index is 5.96. The first kappa shape index (κ1) is 23.5.